The van der Waals surface area contributed by atoms with Crippen LogP contribution in [0, 0.1) is 11.6 Å². The average molecular weight is 1130 g/mol. The zero-order chi connectivity index (χ0) is 57.1. The predicted octanol–water partition coefficient (Wildman–Crippen LogP) is 6.07. The highest BCUT2D eigenvalue weighted by Gasteiger charge is 2.43. The Bertz CT molecular complexity index is 2830. The van der Waals surface area contributed by atoms with E-state index in [1.54, 1.807) is 24.3 Å². The third kappa shape index (κ3) is 14.0. The molecule has 6 aliphatic heterocycles. The van der Waals surface area contributed by atoms with Gasteiger partial charge in [0.1, 0.15) is 48.6 Å². The Hall–Kier alpha value is -5.96. The number of ether oxygens (including phenoxy) is 4. The van der Waals surface area contributed by atoms with Crippen molar-refractivity contribution in [3.05, 3.63) is 143 Å². The van der Waals surface area contributed by atoms with Gasteiger partial charge in [-0.1, -0.05) is 58.0 Å². The van der Waals surface area contributed by atoms with E-state index in [1.165, 1.54) is 24.3 Å². The van der Waals surface area contributed by atoms with Gasteiger partial charge in [-0.2, -0.15) is 0 Å². The molecule has 3 aromatic carbocycles. The summed E-state index contributed by atoms with van der Waals surface area (Å²) >= 11 is 0. The summed E-state index contributed by atoms with van der Waals surface area (Å²) in [6.45, 7) is 24.4. The maximum atomic E-state index is 14.4. The third-order valence-electron chi connectivity index (χ3n) is 17.3. The number of amides is 2. The van der Waals surface area contributed by atoms with Crippen LogP contribution >= 0.6 is 0 Å². The number of hydrogen-bond donors (Lipinski definition) is 2. The summed E-state index contributed by atoms with van der Waals surface area (Å²) in [5.41, 5.74) is 7.00. The largest absolute Gasteiger partial charge is 0.491 e. The van der Waals surface area contributed by atoms with Gasteiger partial charge in [-0.3, -0.25) is 39.2 Å². The molecule has 82 heavy (non-hydrogen) atoms. The van der Waals surface area contributed by atoms with Gasteiger partial charge in [0.05, 0.1) is 49.1 Å². The van der Waals surface area contributed by atoms with Crippen molar-refractivity contribution in [2.75, 3.05) is 128 Å². The van der Waals surface area contributed by atoms with Crippen LogP contribution in [0.4, 0.5) is 20.2 Å². The molecule has 0 unspecified atom stereocenters. The number of morpholine rings is 2. The topological polar surface area (TPSA) is 140 Å². The second-order valence-corrected chi connectivity index (χ2v) is 25.1. The number of pyridine rings is 2. The van der Waals surface area contributed by atoms with Gasteiger partial charge in [0.15, 0.2) is 0 Å². The average Bonchev–Trinajstić information content (AvgIpc) is 4.16. The number of hydrogen-bond acceptors (Lipinski definition) is 14. The molecule has 0 bridgehead atoms. The van der Waals surface area contributed by atoms with E-state index in [0.29, 0.717) is 90.0 Å². The summed E-state index contributed by atoms with van der Waals surface area (Å²) in [5, 5.41) is 7.34. The van der Waals surface area contributed by atoms with Crippen LogP contribution in [0.2, 0.25) is 0 Å². The lowest BCUT2D eigenvalue weighted by Gasteiger charge is -2.43. The lowest BCUT2D eigenvalue weighted by atomic mass is 9.91. The zero-order valence-electron chi connectivity index (χ0n) is 48.6. The van der Waals surface area contributed by atoms with Crippen LogP contribution in [0.5, 0.6) is 11.5 Å². The van der Waals surface area contributed by atoms with E-state index in [4.69, 9.17) is 28.9 Å². The predicted molar refractivity (Wildman–Crippen MR) is 313 cm³/mol. The normalized spacial score (nSPS) is 25.0. The molecular weight excluding hydrogens is 1040 g/mol. The van der Waals surface area contributed by atoms with Crippen LogP contribution in [-0.4, -0.2) is 196 Å². The number of nitrogens with zero attached hydrogens (tertiary/aromatic N) is 8. The van der Waals surface area contributed by atoms with Gasteiger partial charge in [0.25, 0.3) is 0 Å². The molecule has 0 saturated carbocycles. The molecule has 0 aliphatic carbocycles. The van der Waals surface area contributed by atoms with E-state index in [9.17, 15) is 18.4 Å². The highest BCUT2D eigenvalue weighted by atomic mass is 19.1. The molecular formula is C64H82F2N10O6. The van der Waals surface area contributed by atoms with E-state index in [2.05, 4.69) is 83.9 Å². The molecule has 4 fully saturated rings. The number of carbonyl (C=O) groups excluding carboxylic acids is 2. The Labute approximate surface area is 482 Å². The number of aromatic nitrogens is 2. The molecule has 16 nitrogen and oxygen atoms in total. The SMILES string of the molecule is C[C@@H]1CN(CC(=O)N2CC(C)(C)c3ncc(Cc4ccc(F)cc4)cc32)[C@@H](CN2CCO[C@H](COc3cccc(OC[C@@H]4CN(C[C@H]5CN[C@H](C)CN5CC(=O)N5CC(C)(C)c6ncc(Cc7ccc(F)cc7)cc65)CCO4)c3)C2)CN1. The van der Waals surface area contributed by atoms with Crippen molar-refractivity contribution in [2.45, 2.75) is 102 Å². The van der Waals surface area contributed by atoms with Gasteiger partial charge in [-0.05, 0) is 97.5 Å². The number of anilines is 2. The van der Waals surface area contributed by atoms with Crippen LogP contribution in [0.3, 0.4) is 0 Å². The zero-order valence-corrected chi connectivity index (χ0v) is 48.6. The molecule has 2 N–H and O–H groups in total. The minimum atomic E-state index is -0.284. The van der Waals surface area contributed by atoms with E-state index in [1.807, 2.05) is 46.5 Å². The number of nitrogens with one attached hydrogen (secondary N) is 2. The van der Waals surface area contributed by atoms with E-state index < -0.39 is 0 Å². The van der Waals surface area contributed by atoms with E-state index in [0.717, 1.165) is 97.4 Å². The van der Waals surface area contributed by atoms with Gasteiger partial charge < -0.3 is 39.4 Å². The van der Waals surface area contributed by atoms with Crippen LogP contribution < -0.4 is 29.9 Å². The minimum Gasteiger partial charge on any atom is -0.491 e. The summed E-state index contributed by atoms with van der Waals surface area (Å²) in [6.07, 6.45) is 4.74. The first-order chi connectivity index (χ1) is 39.5. The van der Waals surface area contributed by atoms with Crippen molar-refractivity contribution < 1.29 is 37.3 Å². The Balaban J connectivity index is 0.644. The first-order valence-electron chi connectivity index (χ1n) is 29.5. The van der Waals surface area contributed by atoms with E-state index in [-0.39, 0.29) is 70.7 Å². The molecule has 4 saturated heterocycles. The standard InChI is InChI=1S/C64H82F2N10O6/c1-43-31-73(37-59(77)75-41-63(3,4)61-57(75)24-47(27-69-61)22-45-10-14-49(65)15-11-45)51(29-67-43)33-71-18-20-79-55(35-71)39-81-53-8-7-9-54(26-53)82-40-56-36-72(19-21-80-56)34-52-30-68-44(2)32-74(52)38-60(78)76-42-64(5,6)62-58(76)25-48(28-70-62)23-46-12-16-50(66)17-13-46/h7-17,24-28,43-44,51-52,55-56,67-68H,18-23,29-42H2,1-6H3/t43-,44-,51-,52-,55+,56+/m1/s1. The van der Waals surface area contributed by atoms with Crippen molar-refractivity contribution in [1.82, 2.24) is 40.2 Å². The molecule has 5 aromatic rings. The quantitative estimate of drug-likeness (QED) is 0.105. The Morgan fingerprint density at radius 3 is 1.45 bits per heavy atom. The number of carbonyl (C=O) groups is 2. The Morgan fingerprint density at radius 2 is 1.02 bits per heavy atom. The van der Waals surface area contributed by atoms with Gasteiger partial charge >= 0.3 is 0 Å². The summed E-state index contributed by atoms with van der Waals surface area (Å²) in [5.74, 6) is 1.04. The Kier molecular flexibility index (Phi) is 17.7. The molecule has 18 heteroatoms. The van der Waals surface area contributed by atoms with Crippen LogP contribution in [0.15, 0.2) is 97.3 Å². The number of piperazine rings is 2. The molecule has 0 radical (unpaired) electrons. The highest BCUT2D eigenvalue weighted by molar-refractivity contribution is 5.98. The maximum Gasteiger partial charge on any atom is 0.241 e. The van der Waals surface area contributed by atoms with Crippen molar-refractivity contribution >= 4 is 23.2 Å². The number of benzene rings is 3. The van der Waals surface area contributed by atoms with Gasteiger partial charge in [0, 0.05) is 132 Å². The molecule has 2 amide bonds. The highest BCUT2D eigenvalue weighted by Crippen LogP contribution is 2.41. The summed E-state index contributed by atoms with van der Waals surface area (Å²) in [6, 6.07) is 25.8. The molecule has 2 aromatic heterocycles. The maximum absolute atomic E-state index is 14.4. The van der Waals surface area contributed by atoms with Crippen molar-refractivity contribution in [1.29, 1.82) is 0 Å². The van der Waals surface area contributed by atoms with Crippen LogP contribution in [0.1, 0.15) is 75.2 Å². The second kappa shape index (κ2) is 25.1. The van der Waals surface area contributed by atoms with Gasteiger partial charge in [-0.25, -0.2) is 8.78 Å². The van der Waals surface area contributed by atoms with Crippen LogP contribution in [-0.2, 0) is 42.7 Å². The lowest BCUT2D eigenvalue weighted by molar-refractivity contribution is -0.121. The number of fused-ring (bicyclic) bond motifs is 2. The summed E-state index contributed by atoms with van der Waals surface area (Å²) < 4.78 is 52.5. The smallest absolute Gasteiger partial charge is 0.241 e. The fourth-order valence-electron chi connectivity index (χ4n) is 12.9. The molecule has 0 spiro atoms. The van der Waals surface area contributed by atoms with Crippen molar-refractivity contribution in [3.63, 3.8) is 0 Å². The summed E-state index contributed by atoms with van der Waals surface area (Å²) in [4.78, 5) is 52.0. The van der Waals surface area contributed by atoms with Gasteiger partial charge in [-0.15, -0.1) is 0 Å². The minimum absolute atomic E-state index is 0.0735. The summed E-state index contributed by atoms with van der Waals surface area (Å²) in [7, 11) is 0. The van der Waals surface area contributed by atoms with Crippen molar-refractivity contribution in [2.24, 2.45) is 0 Å². The van der Waals surface area contributed by atoms with Gasteiger partial charge in [0.2, 0.25) is 11.8 Å². The fourth-order valence-corrected chi connectivity index (χ4v) is 12.9. The Morgan fingerprint density at radius 1 is 0.598 bits per heavy atom. The second-order valence-electron chi connectivity index (χ2n) is 25.1. The third-order valence-corrected chi connectivity index (χ3v) is 17.3. The number of rotatable bonds is 18. The first kappa shape index (κ1) is 57.8. The lowest BCUT2D eigenvalue weighted by Crippen LogP contribution is -2.61. The first-order valence-corrected chi connectivity index (χ1v) is 29.5. The van der Waals surface area contributed by atoms with Crippen molar-refractivity contribution in [3.8, 4) is 11.5 Å². The molecule has 6 aliphatic rings. The fraction of sp³-hybridized carbons (Fsp3) is 0.531. The number of halogens is 2. The monoisotopic (exact) mass is 1120 g/mol. The molecule has 438 valence electrons. The van der Waals surface area contributed by atoms with E-state index >= 15 is 0 Å². The molecule has 8 heterocycles. The van der Waals surface area contributed by atoms with Crippen LogP contribution in [0.25, 0.3) is 0 Å². The molecule has 6 atom stereocenters. The molecule has 11 rings (SSSR count).